The fourth-order valence-electron chi connectivity index (χ4n) is 4.36. The third kappa shape index (κ3) is 2.94. The summed E-state index contributed by atoms with van der Waals surface area (Å²) in [5.74, 6) is 2.92. The fraction of sp³-hybridized carbons (Fsp3) is 0.333. The van der Waals surface area contributed by atoms with Gasteiger partial charge in [-0.2, -0.15) is 0 Å². The van der Waals surface area contributed by atoms with E-state index in [9.17, 15) is 0 Å². The maximum atomic E-state index is 5.75. The normalized spacial score (nSPS) is 14.2. The molecule has 2 aromatic carbocycles. The van der Waals surface area contributed by atoms with Crippen LogP contribution in [0.15, 0.2) is 57.4 Å². The Balaban J connectivity index is 1.75. The molecule has 2 aromatic heterocycles. The number of furan rings is 2. The lowest BCUT2D eigenvalue weighted by Crippen LogP contribution is -2.10. The van der Waals surface area contributed by atoms with Crippen molar-refractivity contribution < 1.29 is 8.83 Å². The molecule has 134 valence electrons. The topological polar surface area (TPSA) is 26.3 Å². The molecule has 26 heavy (non-hydrogen) atoms. The van der Waals surface area contributed by atoms with Crippen molar-refractivity contribution in [2.75, 3.05) is 0 Å². The van der Waals surface area contributed by atoms with Crippen LogP contribution in [0, 0.1) is 13.8 Å². The van der Waals surface area contributed by atoms with Gasteiger partial charge in [-0.1, -0.05) is 26.0 Å². The second-order valence-corrected chi connectivity index (χ2v) is 7.34. The summed E-state index contributed by atoms with van der Waals surface area (Å²) >= 11 is 0. The van der Waals surface area contributed by atoms with Crippen molar-refractivity contribution in [1.29, 1.82) is 0 Å². The molecule has 0 fully saturated rings. The second kappa shape index (κ2) is 6.68. The quantitative estimate of drug-likeness (QED) is 0.374. The molecule has 0 bridgehead atoms. The molecule has 4 aromatic rings. The molecule has 0 saturated heterocycles. The van der Waals surface area contributed by atoms with Crippen molar-refractivity contribution in [2.45, 2.75) is 52.4 Å². The second-order valence-electron chi connectivity index (χ2n) is 7.34. The Bertz CT molecular complexity index is 965. The van der Waals surface area contributed by atoms with Crippen LogP contribution in [0.1, 0.15) is 61.2 Å². The monoisotopic (exact) mass is 346 g/mol. The lowest BCUT2D eigenvalue weighted by atomic mass is 9.78. The standard InChI is InChI=1S/C24H26O2/c1-5-21(17-7-9-23-19(13-17)11-15(3)25-23)22(6-2)18-8-10-24-20(14-18)12-16(4)26-24/h7-14,21-22H,5-6H2,1-4H3/t21-,22-/m0/s1. The highest BCUT2D eigenvalue weighted by Gasteiger charge is 2.23. The molecule has 2 heterocycles. The fourth-order valence-corrected chi connectivity index (χ4v) is 4.36. The minimum Gasteiger partial charge on any atom is -0.461 e. The lowest BCUT2D eigenvalue weighted by molar-refractivity contribution is 0.510. The van der Waals surface area contributed by atoms with E-state index in [1.807, 2.05) is 13.8 Å². The molecule has 0 aliphatic carbocycles. The highest BCUT2D eigenvalue weighted by atomic mass is 16.3. The van der Waals surface area contributed by atoms with Crippen LogP contribution in [0.4, 0.5) is 0 Å². The van der Waals surface area contributed by atoms with Crippen molar-refractivity contribution >= 4 is 21.9 Å². The van der Waals surface area contributed by atoms with E-state index in [0.717, 1.165) is 35.5 Å². The first-order valence-electron chi connectivity index (χ1n) is 9.59. The molecule has 0 saturated carbocycles. The zero-order valence-corrected chi connectivity index (χ0v) is 16.0. The lowest BCUT2D eigenvalue weighted by Gasteiger charge is -2.26. The first-order chi connectivity index (χ1) is 12.6. The van der Waals surface area contributed by atoms with Crippen LogP contribution in [-0.4, -0.2) is 0 Å². The van der Waals surface area contributed by atoms with Crippen molar-refractivity contribution in [1.82, 2.24) is 0 Å². The van der Waals surface area contributed by atoms with E-state index in [1.165, 1.54) is 21.9 Å². The molecule has 4 rings (SSSR count). The molecule has 0 aliphatic rings. The molecule has 0 amide bonds. The largest absolute Gasteiger partial charge is 0.461 e. The summed E-state index contributed by atoms with van der Waals surface area (Å²) in [6.45, 7) is 8.60. The van der Waals surface area contributed by atoms with Crippen LogP contribution in [0.2, 0.25) is 0 Å². The van der Waals surface area contributed by atoms with Crippen LogP contribution < -0.4 is 0 Å². The van der Waals surface area contributed by atoms with Crippen LogP contribution in [-0.2, 0) is 0 Å². The molecular formula is C24H26O2. The van der Waals surface area contributed by atoms with Gasteiger partial charge in [0.15, 0.2) is 0 Å². The third-order valence-electron chi connectivity index (χ3n) is 5.55. The Morgan fingerprint density at radius 2 is 1.08 bits per heavy atom. The molecule has 2 heteroatoms. The van der Waals surface area contributed by atoms with Crippen LogP contribution in [0.3, 0.4) is 0 Å². The van der Waals surface area contributed by atoms with Crippen LogP contribution in [0.5, 0.6) is 0 Å². The van der Waals surface area contributed by atoms with Crippen molar-refractivity contribution in [2.24, 2.45) is 0 Å². The van der Waals surface area contributed by atoms with E-state index >= 15 is 0 Å². The van der Waals surface area contributed by atoms with Gasteiger partial charge in [-0.3, -0.25) is 0 Å². The summed E-state index contributed by atoms with van der Waals surface area (Å²) in [4.78, 5) is 0. The summed E-state index contributed by atoms with van der Waals surface area (Å²) in [7, 11) is 0. The van der Waals surface area contributed by atoms with E-state index in [2.05, 4.69) is 62.4 Å². The minimum atomic E-state index is 0.491. The molecular weight excluding hydrogens is 320 g/mol. The van der Waals surface area contributed by atoms with Gasteiger partial charge >= 0.3 is 0 Å². The summed E-state index contributed by atoms with van der Waals surface area (Å²) in [6, 6.07) is 17.6. The van der Waals surface area contributed by atoms with Crippen molar-refractivity contribution in [3.05, 3.63) is 71.2 Å². The molecule has 2 nitrogen and oxygen atoms in total. The number of benzene rings is 2. The van der Waals surface area contributed by atoms with Gasteiger partial charge in [0, 0.05) is 10.8 Å². The van der Waals surface area contributed by atoms with Crippen molar-refractivity contribution in [3.63, 3.8) is 0 Å². The Hall–Kier alpha value is -2.48. The van der Waals surface area contributed by atoms with Crippen LogP contribution in [0.25, 0.3) is 21.9 Å². The zero-order valence-electron chi connectivity index (χ0n) is 16.0. The van der Waals surface area contributed by atoms with E-state index in [-0.39, 0.29) is 0 Å². The molecule has 0 spiro atoms. The van der Waals surface area contributed by atoms with Gasteiger partial charge in [-0.05, 0) is 86.1 Å². The molecule has 0 unspecified atom stereocenters. The average Bonchev–Trinajstić information content (AvgIpc) is 3.18. The minimum absolute atomic E-state index is 0.491. The first-order valence-corrected chi connectivity index (χ1v) is 9.59. The van der Waals surface area contributed by atoms with Crippen LogP contribution >= 0.6 is 0 Å². The number of hydrogen-bond donors (Lipinski definition) is 0. The van der Waals surface area contributed by atoms with Gasteiger partial charge in [0.25, 0.3) is 0 Å². The number of fused-ring (bicyclic) bond motifs is 2. The summed E-state index contributed by atoms with van der Waals surface area (Å²) in [5, 5.41) is 2.41. The van der Waals surface area contributed by atoms with E-state index in [0.29, 0.717) is 11.8 Å². The third-order valence-corrected chi connectivity index (χ3v) is 5.55. The highest BCUT2D eigenvalue weighted by Crippen LogP contribution is 2.40. The van der Waals surface area contributed by atoms with E-state index < -0.39 is 0 Å². The predicted molar refractivity (Wildman–Crippen MR) is 108 cm³/mol. The van der Waals surface area contributed by atoms with Gasteiger partial charge in [0.2, 0.25) is 0 Å². The maximum Gasteiger partial charge on any atom is 0.134 e. The van der Waals surface area contributed by atoms with Gasteiger partial charge in [-0.25, -0.2) is 0 Å². The highest BCUT2D eigenvalue weighted by molar-refractivity contribution is 5.80. The Morgan fingerprint density at radius 3 is 1.46 bits per heavy atom. The summed E-state index contributed by atoms with van der Waals surface area (Å²) in [6.07, 6.45) is 2.23. The van der Waals surface area contributed by atoms with Gasteiger partial charge in [-0.15, -0.1) is 0 Å². The Labute approximate surface area is 154 Å². The SMILES string of the molecule is CC[C@@H](c1ccc2oc(C)cc2c1)[C@@H](CC)c1ccc2oc(C)cc2c1. The van der Waals surface area contributed by atoms with E-state index in [1.54, 1.807) is 0 Å². The van der Waals surface area contributed by atoms with Gasteiger partial charge in [0.1, 0.15) is 22.7 Å². The summed E-state index contributed by atoms with van der Waals surface area (Å²) in [5.41, 5.74) is 4.75. The molecule has 0 N–H and O–H groups in total. The molecule has 0 radical (unpaired) electrons. The zero-order chi connectivity index (χ0) is 18.3. The van der Waals surface area contributed by atoms with Crippen molar-refractivity contribution in [3.8, 4) is 0 Å². The van der Waals surface area contributed by atoms with Gasteiger partial charge < -0.3 is 8.83 Å². The molecule has 2 atom stereocenters. The Morgan fingerprint density at radius 1 is 0.654 bits per heavy atom. The number of aryl methyl sites for hydroxylation is 2. The van der Waals surface area contributed by atoms with Gasteiger partial charge in [0.05, 0.1) is 0 Å². The Kier molecular flexibility index (Phi) is 4.36. The number of hydrogen-bond acceptors (Lipinski definition) is 2. The number of rotatable bonds is 5. The summed E-state index contributed by atoms with van der Waals surface area (Å²) < 4.78 is 11.5. The maximum absolute atomic E-state index is 5.75. The molecule has 0 aliphatic heterocycles. The first kappa shape index (κ1) is 17.0. The smallest absolute Gasteiger partial charge is 0.134 e. The predicted octanol–water partition coefficient (Wildman–Crippen LogP) is 7.48. The van der Waals surface area contributed by atoms with E-state index in [4.69, 9.17) is 8.83 Å². The average molecular weight is 346 g/mol.